The summed E-state index contributed by atoms with van der Waals surface area (Å²) < 4.78 is 10.6. The van der Waals surface area contributed by atoms with E-state index in [1.54, 1.807) is 43.3 Å². The van der Waals surface area contributed by atoms with Crippen molar-refractivity contribution in [3.63, 3.8) is 0 Å². The Kier molecular flexibility index (Phi) is 7.19. The summed E-state index contributed by atoms with van der Waals surface area (Å²) in [6.45, 7) is 3.56. The van der Waals surface area contributed by atoms with Crippen molar-refractivity contribution in [1.82, 2.24) is 5.43 Å². The molecule has 1 amide bonds. The van der Waals surface area contributed by atoms with Crippen LogP contribution in [0.25, 0.3) is 0 Å². The van der Waals surface area contributed by atoms with Gasteiger partial charge in [-0.15, -0.1) is 0 Å². The number of rotatable bonds is 8. The smallest absolute Gasteiger partial charge is 0.341 e. The van der Waals surface area contributed by atoms with Crippen LogP contribution in [-0.2, 0) is 4.79 Å². The zero-order chi connectivity index (χ0) is 19.8. The molecule has 0 saturated heterocycles. The molecule has 142 valence electrons. The van der Waals surface area contributed by atoms with Crippen LogP contribution in [0.4, 0.5) is 0 Å². The van der Waals surface area contributed by atoms with Crippen molar-refractivity contribution in [3.05, 3.63) is 58.1 Å². The summed E-state index contributed by atoms with van der Waals surface area (Å²) in [4.78, 5) is 22.7. The van der Waals surface area contributed by atoms with Gasteiger partial charge in [0.2, 0.25) is 0 Å². The van der Waals surface area contributed by atoms with Crippen LogP contribution in [0.15, 0.2) is 41.5 Å². The van der Waals surface area contributed by atoms with Crippen molar-refractivity contribution < 1.29 is 24.2 Å². The summed E-state index contributed by atoms with van der Waals surface area (Å²) >= 11 is 6.01. The molecular formula is C19H19ClN2O5. The summed E-state index contributed by atoms with van der Waals surface area (Å²) in [7, 11) is 0. The van der Waals surface area contributed by atoms with Crippen molar-refractivity contribution in [2.45, 2.75) is 13.8 Å². The third-order valence-corrected chi connectivity index (χ3v) is 3.84. The standard InChI is InChI=1S/C19H19ClN2O5/c1-3-26-17-8-13(5-7-16(17)27-11-18(23)24)10-21-22-19(25)14-6-4-12(2)15(20)9-14/h4-10H,3,11H2,1-2H3,(H,22,25)(H,23,24)/b21-10-. The number of amides is 1. The van der Waals surface area contributed by atoms with E-state index in [2.05, 4.69) is 10.5 Å². The number of benzene rings is 2. The van der Waals surface area contributed by atoms with Gasteiger partial charge in [-0.2, -0.15) is 5.10 Å². The lowest BCUT2D eigenvalue weighted by molar-refractivity contribution is -0.139. The Bertz CT molecular complexity index is 867. The van der Waals surface area contributed by atoms with E-state index < -0.39 is 12.6 Å². The van der Waals surface area contributed by atoms with Crippen LogP contribution in [0.5, 0.6) is 11.5 Å². The Hall–Kier alpha value is -3.06. The average molecular weight is 391 g/mol. The minimum absolute atomic E-state index is 0.315. The molecule has 2 rings (SSSR count). The van der Waals surface area contributed by atoms with Gasteiger partial charge in [-0.1, -0.05) is 17.7 Å². The lowest BCUT2D eigenvalue weighted by atomic mass is 10.1. The fraction of sp³-hybridized carbons (Fsp3) is 0.211. The lowest BCUT2D eigenvalue weighted by Gasteiger charge is -2.11. The van der Waals surface area contributed by atoms with Gasteiger partial charge in [-0.05, 0) is 55.3 Å². The normalized spacial score (nSPS) is 10.6. The van der Waals surface area contributed by atoms with Gasteiger partial charge in [-0.3, -0.25) is 4.79 Å². The number of hydrogen-bond acceptors (Lipinski definition) is 5. The maximum absolute atomic E-state index is 12.1. The second kappa shape index (κ2) is 9.59. The zero-order valence-corrected chi connectivity index (χ0v) is 15.6. The van der Waals surface area contributed by atoms with E-state index in [4.69, 9.17) is 26.2 Å². The molecule has 0 radical (unpaired) electrons. The van der Waals surface area contributed by atoms with Gasteiger partial charge in [0.05, 0.1) is 12.8 Å². The zero-order valence-electron chi connectivity index (χ0n) is 14.9. The second-order valence-electron chi connectivity index (χ2n) is 5.48. The van der Waals surface area contributed by atoms with E-state index in [0.29, 0.717) is 34.3 Å². The molecule has 0 aliphatic carbocycles. The quantitative estimate of drug-likeness (QED) is 0.532. The van der Waals surface area contributed by atoms with Crippen LogP contribution < -0.4 is 14.9 Å². The summed E-state index contributed by atoms with van der Waals surface area (Å²) in [6, 6.07) is 9.87. The number of carbonyl (C=O) groups is 2. The van der Waals surface area contributed by atoms with Crippen molar-refractivity contribution in [2.24, 2.45) is 5.10 Å². The molecule has 0 spiro atoms. The monoisotopic (exact) mass is 390 g/mol. The van der Waals surface area contributed by atoms with Crippen LogP contribution in [-0.4, -0.2) is 36.4 Å². The number of ether oxygens (including phenoxy) is 2. The maximum atomic E-state index is 12.1. The molecular weight excluding hydrogens is 372 g/mol. The minimum atomic E-state index is -1.08. The molecule has 2 N–H and O–H groups in total. The number of nitrogens with one attached hydrogen (secondary N) is 1. The topological polar surface area (TPSA) is 97.2 Å². The van der Waals surface area contributed by atoms with Crippen molar-refractivity contribution in [2.75, 3.05) is 13.2 Å². The number of carbonyl (C=O) groups excluding carboxylic acids is 1. The summed E-state index contributed by atoms with van der Waals surface area (Å²) in [5, 5.41) is 13.1. The van der Waals surface area contributed by atoms with E-state index in [9.17, 15) is 9.59 Å². The maximum Gasteiger partial charge on any atom is 0.341 e. The van der Waals surface area contributed by atoms with Gasteiger partial charge < -0.3 is 14.6 Å². The molecule has 2 aromatic rings. The minimum Gasteiger partial charge on any atom is -0.490 e. The first-order valence-electron chi connectivity index (χ1n) is 8.11. The number of carboxylic acids is 1. The third-order valence-electron chi connectivity index (χ3n) is 3.43. The molecule has 0 aliphatic heterocycles. The van der Waals surface area contributed by atoms with Crippen molar-refractivity contribution in [3.8, 4) is 11.5 Å². The number of carboxylic acid groups (broad SMARTS) is 1. The third kappa shape index (κ3) is 6.00. The van der Waals surface area contributed by atoms with Gasteiger partial charge in [0.1, 0.15) is 0 Å². The second-order valence-corrected chi connectivity index (χ2v) is 5.89. The predicted octanol–water partition coefficient (Wildman–Crippen LogP) is 3.27. The number of hydrogen-bond donors (Lipinski definition) is 2. The molecule has 0 unspecified atom stereocenters. The molecule has 0 heterocycles. The van der Waals surface area contributed by atoms with Crippen LogP contribution in [0.3, 0.4) is 0 Å². The average Bonchev–Trinajstić information content (AvgIpc) is 2.63. The van der Waals surface area contributed by atoms with Gasteiger partial charge >= 0.3 is 5.97 Å². The summed E-state index contributed by atoms with van der Waals surface area (Å²) in [5.74, 6) is -0.768. The number of halogens is 1. The highest BCUT2D eigenvalue weighted by Gasteiger charge is 2.09. The lowest BCUT2D eigenvalue weighted by Crippen LogP contribution is -2.17. The summed E-state index contributed by atoms with van der Waals surface area (Å²) in [6.07, 6.45) is 1.44. The number of aliphatic carboxylic acids is 1. The molecule has 0 aromatic heterocycles. The predicted molar refractivity (Wildman–Crippen MR) is 102 cm³/mol. The van der Waals surface area contributed by atoms with Crippen molar-refractivity contribution in [1.29, 1.82) is 0 Å². The largest absolute Gasteiger partial charge is 0.490 e. The van der Waals surface area contributed by atoms with Crippen molar-refractivity contribution >= 4 is 29.7 Å². The van der Waals surface area contributed by atoms with E-state index >= 15 is 0 Å². The number of hydrazone groups is 1. The Morgan fingerprint density at radius 2 is 1.96 bits per heavy atom. The Morgan fingerprint density at radius 3 is 2.63 bits per heavy atom. The fourth-order valence-electron chi connectivity index (χ4n) is 2.10. The van der Waals surface area contributed by atoms with E-state index in [-0.39, 0.29) is 5.91 Å². The van der Waals surface area contributed by atoms with Gasteiger partial charge in [0, 0.05) is 10.6 Å². The fourth-order valence-corrected chi connectivity index (χ4v) is 2.28. The van der Waals surface area contributed by atoms with Gasteiger partial charge in [0.25, 0.3) is 5.91 Å². The molecule has 27 heavy (non-hydrogen) atoms. The Labute approximate surface area is 161 Å². The van der Waals surface area contributed by atoms with Crippen LogP contribution >= 0.6 is 11.6 Å². The first kappa shape index (κ1) is 20.3. The number of nitrogens with zero attached hydrogens (tertiary/aromatic N) is 1. The van der Waals surface area contributed by atoms with Gasteiger partial charge in [-0.25, -0.2) is 10.2 Å². The van der Waals surface area contributed by atoms with Crippen LogP contribution in [0.1, 0.15) is 28.4 Å². The molecule has 0 atom stereocenters. The summed E-state index contributed by atoms with van der Waals surface area (Å²) in [5.41, 5.74) is 4.34. The molecule has 8 heteroatoms. The van der Waals surface area contributed by atoms with E-state index in [1.807, 2.05) is 6.92 Å². The highest BCUT2D eigenvalue weighted by atomic mass is 35.5. The Balaban J connectivity index is 2.06. The van der Waals surface area contributed by atoms with Crippen LogP contribution in [0, 0.1) is 6.92 Å². The van der Waals surface area contributed by atoms with E-state index in [1.165, 1.54) is 6.21 Å². The van der Waals surface area contributed by atoms with Crippen LogP contribution in [0.2, 0.25) is 5.02 Å². The molecule has 0 aliphatic rings. The first-order chi connectivity index (χ1) is 12.9. The molecule has 0 saturated carbocycles. The van der Waals surface area contributed by atoms with E-state index in [0.717, 1.165) is 5.56 Å². The highest BCUT2D eigenvalue weighted by molar-refractivity contribution is 6.31. The molecule has 7 nitrogen and oxygen atoms in total. The number of aryl methyl sites for hydroxylation is 1. The molecule has 0 bridgehead atoms. The molecule has 2 aromatic carbocycles. The first-order valence-corrected chi connectivity index (χ1v) is 8.49. The molecule has 0 fully saturated rings. The van der Waals surface area contributed by atoms with Gasteiger partial charge in [0.15, 0.2) is 18.1 Å². The SMILES string of the molecule is CCOc1cc(/C=N\NC(=O)c2ccc(C)c(Cl)c2)ccc1OCC(=O)O. The highest BCUT2D eigenvalue weighted by Crippen LogP contribution is 2.28. The Morgan fingerprint density at radius 1 is 1.19 bits per heavy atom.